The predicted octanol–water partition coefficient (Wildman–Crippen LogP) is 2.76. The Balaban J connectivity index is 2.60. The third kappa shape index (κ3) is 2.76. The third-order valence-electron chi connectivity index (χ3n) is 1.83. The molecule has 2 nitrogen and oxygen atoms in total. The van der Waals surface area contributed by atoms with Crippen molar-refractivity contribution in [3.05, 3.63) is 42.5 Å². The van der Waals surface area contributed by atoms with Gasteiger partial charge in [-0.15, -0.1) is 6.58 Å². The van der Waals surface area contributed by atoms with Gasteiger partial charge < -0.3 is 0 Å². The number of hydrogen-bond donors (Lipinski definition) is 0. The smallest absolute Gasteiger partial charge is 0.184 e. The summed E-state index contributed by atoms with van der Waals surface area (Å²) in [6.07, 6.45) is 4.93. The van der Waals surface area contributed by atoms with Crippen molar-refractivity contribution in [1.82, 2.24) is 4.98 Å². The van der Waals surface area contributed by atoms with Gasteiger partial charge in [0.1, 0.15) is 5.69 Å². The highest BCUT2D eigenvalue weighted by atomic mass is 19.1. The Bertz CT molecular complexity index is 336. The van der Waals surface area contributed by atoms with Crippen LogP contribution in [0, 0.1) is 5.82 Å². The molecule has 0 N–H and O–H groups in total. The van der Waals surface area contributed by atoms with Crippen molar-refractivity contribution in [2.24, 2.45) is 0 Å². The van der Waals surface area contributed by atoms with Crippen LogP contribution in [0.3, 0.4) is 0 Å². The van der Waals surface area contributed by atoms with Crippen LogP contribution >= 0.6 is 0 Å². The molecule has 0 saturated carbocycles. The topological polar surface area (TPSA) is 30.0 Å². The van der Waals surface area contributed by atoms with Crippen LogP contribution in [-0.4, -0.2) is 10.8 Å². The molecule has 1 aromatic rings. The first-order valence-electron chi connectivity index (χ1n) is 4.50. The molecule has 0 bridgehead atoms. The molecule has 14 heavy (non-hydrogen) atoms. The normalized spacial score (nSPS) is 9.79. The number of nitrogens with zero attached hydrogens (tertiary/aromatic N) is 1. The summed E-state index contributed by atoms with van der Waals surface area (Å²) in [6, 6.07) is 2.71. The van der Waals surface area contributed by atoms with Crippen LogP contribution in [0.1, 0.15) is 29.8 Å². The van der Waals surface area contributed by atoms with Gasteiger partial charge in [-0.3, -0.25) is 9.78 Å². The van der Waals surface area contributed by atoms with E-state index in [-0.39, 0.29) is 11.5 Å². The Kier molecular flexibility index (Phi) is 3.98. The van der Waals surface area contributed by atoms with Crippen molar-refractivity contribution in [1.29, 1.82) is 0 Å². The molecular weight excluding hydrogens is 181 g/mol. The zero-order valence-corrected chi connectivity index (χ0v) is 7.87. The SMILES string of the molecule is C=CCCCC(=O)c1ncccc1F. The number of pyridine rings is 1. The number of halogens is 1. The van der Waals surface area contributed by atoms with Crippen LogP contribution in [0.4, 0.5) is 4.39 Å². The number of hydrogen-bond acceptors (Lipinski definition) is 2. The van der Waals surface area contributed by atoms with Crippen molar-refractivity contribution in [3.8, 4) is 0 Å². The van der Waals surface area contributed by atoms with Crippen LogP contribution < -0.4 is 0 Å². The number of carbonyl (C=O) groups is 1. The van der Waals surface area contributed by atoms with Gasteiger partial charge >= 0.3 is 0 Å². The van der Waals surface area contributed by atoms with Crippen molar-refractivity contribution < 1.29 is 9.18 Å². The summed E-state index contributed by atoms with van der Waals surface area (Å²) < 4.78 is 13.0. The number of Topliss-reactive ketones (excluding diaryl/α,β-unsaturated/α-hetero) is 1. The Morgan fingerprint density at radius 2 is 2.43 bits per heavy atom. The molecule has 0 aliphatic heterocycles. The maximum atomic E-state index is 13.0. The molecule has 0 spiro atoms. The number of allylic oxidation sites excluding steroid dienone is 1. The average Bonchev–Trinajstić information content (AvgIpc) is 2.18. The monoisotopic (exact) mass is 193 g/mol. The zero-order valence-electron chi connectivity index (χ0n) is 7.87. The van der Waals surface area contributed by atoms with Gasteiger partial charge in [0, 0.05) is 12.6 Å². The molecule has 0 aliphatic carbocycles. The van der Waals surface area contributed by atoms with Crippen LogP contribution in [0.2, 0.25) is 0 Å². The van der Waals surface area contributed by atoms with Crippen molar-refractivity contribution in [3.63, 3.8) is 0 Å². The summed E-state index contributed by atoms with van der Waals surface area (Å²) in [5.41, 5.74) is -0.0587. The number of carbonyl (C=O) groups excluding carboxylic acids is 1. The number of ketones is 1. The molecule has 0 unspecified atom stereocenters. The summed E-state index contributed by atoms with van der Waals surface area (Å²) in [5, 5.41) is 0. The van der Waals surface area contributed by atoms with Crippen LogP contribution in [-0.2, 0) is 0 Å². The van der Waals surface area contributed by atoms with Gasteiger partial charge in [-0.1, -0.05) is 6.08 Å². The minimum atomic E-state index is -0.545. The largest absolute Gasteiger partial charge is 0.292 e. The lowest BCUT2D eigenvalue weighted by molar-refractivity contribution is 0.0971. The van der Waals surface area contributed by atoms with E-state index in [1.165, 1.54) is 18.3 Å². The second-order valence-electron chi connectivity index (χ2n) is 2.94. The summed E-state index contributed by atoms with van der Waals surface area (Å²) in [7, 11) is 0. The Morgan fingerprint density at radius 3 is 3.07 bits per heavy atom. The molecule has 0 amide bonds. The van der Waals surface area contributed by atoms with Crippen LogP contribution in [0.5, 0.6) is 0 Å². The average molecular weight is 193 g/mol. The number of aromatic nitrogens is 1. The Labute approximate surface area is 82.5 Å². The van der Waals surface area contributed by atoms with Gasteiger partial charge in [-0.25, -0.2) is 4.39 Å². The fraction of sp³-hybridized carbons (Fsp3) is 0.273. The molecule has 0 saturated heterocycles. The second-order valence-corrected chi connectivity index (χ2v) is 2.94. The standard InChI is InChI=1S/C11H12FNO/c1-2-3-4-7-10(14)11-9(12)6-5-8-13-11/h2,5-6,8H,1,3-4,7H2. The fourth-order valence-electron chi connectivity index (χ4n) is 1.12. The van der Waals surface area contributed by atoms with Crippen LogP contribution in [0.15, 0.2) is 31.0 Å². The molecule has 1 heterocycles. The maximum absolute atomic E-state index is 13.0. The lowest BCUT2D eigenvalue weighted by Gasteiger charge is -1.99. The molecule has 0 aliphatic rings. The molecule has 0 radical (unpaired) electrons. The summed E-state index contributed by atoms with van der Waals surface area (Å²) in [4.78, 5) is 15.1. The first-order chi connectivity index (χ1) is 6.75. The Morgan fingerprint density at radius 1 is 1.64 bits per heavy atom. The van der Waals surface area contributed by atoms with E-state index in [2.05, 4.69) is 11.6 Å². The highest BCUT2D eigenvalue weighted by molar-refractivity contribution is 5.94. The lowest BCUT2D eigenvalue weighted by atomic mass is 10.1. The first-order valence-corrected chi connectivity index (χ1v) is 4.50. The zero-order chi connectivity index (χ0) is 10.4. The molecule has 1 rings (SSSR count). The summed E-state index contributed by atoms with van der Waals surface area (Å²) in [5.74, 6) is -0.791. The van der Waals surface area contributed by atoms with Crippen molar-refractivity contribution in [2.75, 3.05) is 0 Å². The fourth-order valence-corrected chi connectivity index (χ4v) is 1.12. The minimum Gasteiger partial charge on any atom is -0.292 e. The van der Waals surface area contributed by atoms with Gasteiger partial charge in [-0.2, -0.15) is 0 Å². The lowest BCUT2D eigenvalue weighted by Crippen LogP contribution is -2.04. The minimum absolute atomic E-state index is 0.0587. The molecule has 0 aromatic carbocycles. The molecule has 0 fully saturated rings. The molecule has 3 heteroatoms. The second kappa shape index (κ2) is 5.27. The molecule has 0 atom stereocenters. The van der Waals surface area contributed by atoms with E-state index in [0.717, 1.165) is 6.42 Å². The van der Waals surface area contributed by atoms with E-state index in [9.17, 15) is 9.18 Å². The number of rotatable bonds is 5. The highest BCUT2D eigenvalue weighted by Gasteiger charge is 2.11. The number of unbranched alkanes of at least 4 members (excludes halogenated alkanes) is 1. The van der Waals surface area contributed by atoms with E-state index >= 15 is 0 Å². The molecule has 1 aromatic heterocycles. The predicted molar refractivity (Wildman–Crippen MR) is 52.6 cm³/mol. The highest BCUT2D eigenvalue weighted by Crippen LogP contribution is 2.08. The molecule has 74 valence electrons. The van der Waals surface area contributed by atoms with Gasteiger partial charge in [0.2, 0.25) is 0 Å². The summed E-state index contributed by atoms with van der Waals surface area (Å²) >= 11 is 0. The van der Waals surface area contributed by atoms with Gasteiger partial charge in [-0.05, 0) is 25.0 Å². The van der Waals surface area contributed by atoms with E-state index in [1.54, 1.807) is 6.08 Å². The van der Waals surface area contributed by atoms with Crippen LogP contribution in [0.25, 0.3) is 0 Å². The van der Waals surface area contributed by atoms with E-state index in [1.807, 2.05) is 0 Å². The van der Waals surface area contributed by atoms with E-state index in [0.29, 0.717) is 12.8 Å². The summed E-state index contributed by atoms with van der Waals surface area (Å²) in [6.45, 7) is 3.55. The van der Waals surface area contributed by atoms with Gasteiger partial charge in [0.25, 0.3) is 0 Å². The van der Waals surface area contributed by atoms with Gasteiger partial charge in [0.15, 0.2) is 11.6 Å². The van der Waals surface area contributed by atoms with Crippen molar-refractivity contribution in [2.45, 2.75) is 19.3 Å². The first kappa shape index (κ1) is 10.6. The molecular formula is C11H12FNO. The van der Waals surface area contributed by atoms with Crippen molar-refractivity contribution >= 4 is 5.78 Å². The van der Waals surface area contributed by atoms with E-state index in [4.69, 9.17) is 0 Å². The Hall–Kier alpha value is -1.51. The van der Waals surface area contributed by atoms with Gasteiger partial charge in [0.05, 0.1) is 0 Å². The van der Waals surface area contributed by atoms with E-state index < -0.39 is 5.82 Å². The quantitative estimate of drug-likeness (QED) is 0.409. The maximum Gasteiger partial charge on any atom is 0.184 e. The third-order valence-corrected chi connectivity index (χ3v) is 1.83.